The van der Waals surface area contributed by atoms with Crippen LogP contribution in [0.2, 0.25) is 5.02 Å². The van der Waals surface area contributed by atoms with Crippen LogP contribution in [-0.2, 0) is 17.9 Å². The summed E-state index contributed by atoms with van der Waals surface area (Å²) in [5.41, 5.74) is 2.46. The van der Waals surface area contributed by atoms with Gasteiger partial charge in [0.25, 0.3) is 5.91 Å². The first-order valence-electron chi connectivity index (χ1n) is 11.6. The van der Waals surface area contributed by atoms with Crippen molar-refractivity contribution in [1.82, 2.24) is 20.1 Å². The summed E-state index contributed by atoms with van der Waals surface area (Å²) in [6.45, 7) is 4.34. The Kier molecular flexibility index (Phi) is 9.38. The number of carbonyl (C=O) groups excluding carboxylic acids is 2. The van der Waals surface area contributed by atoms with Crippen molar-refractivity contribution in [3.05, 3.63) is 108 Å². The number of nitrogens with zero attached hydrogens (tertiary/aromatic N) is 5. The van der Waals surface area contributed by atoms with Crippen LogP contribution in [0, 0.1) is 0 Å². The van der Waals surface area contributed by atoms with Gasteiger partial charge in [-0.2, -0.15) is 10.2 Å². The smallest absolute Gasteiger partial charge is 0.253 e. The maximum absolute atomic E-state index is 12.5. The summed E-state index contributed by atoms with van der Waals surface area (Å²) in [4.78, 5) is 25.0. The van der Waals surface area contributed by atoms with Gasteiger partial charge in [0.15, 0.2) is 11.0 Å². The molecule has 38 heavy (non-hydrogen) atoms. The molecule has 2 amide bonds. The zero-order valence-electron chi connectivity index (χ0n) is 20.3. The second kappa shape index (κ2) is 13.3. The molecule has 0 fully saturated rings. The van der Waals surface area contributed by atoms with E-state index in [1.165, 1.54) is 11.8 Å². The Balaban J connectivity index is 1.31. The van der Waals surface area contributed by atoms with Gasteiger partial charge < -0.3 is 15.2 Å². The third kappa shape index (κ3) is 7.37. The van der Waals surface area contributed by atoms with Crippen LogP contribution >= 0.6 is 23.4 Å². The number of amides is 2. The number of halogens is 1. The Morgan fingerprint density at radius 1 is 0.947 bits per heavy atom. The monoisotopic (exact) mass is 545 g/mol. The van der Waals surface area contributed by atoms with Crippen LogP contribution in [0.25, 0.3) is 0 Å². The molecule has 0 saturated carbocycles. The van der Waals surface area contributed by atoms with Crippen LogP contribution in [0.5, 0.6) is 0 Å². The molecule has 192 valence electrons. The van der Waals surface area contributed by atoms with Crippen LogP contribution in [-0.4, -0.2) is 32.3 Å². The maximum Gasteiger partial charge on any atom is 0.253 e. The Bertz CT molecular complexity index is 1440. The number of benzene rings is 3. The molecule has 0 spiro atoms. The molecule has 0 aliphatic rings. The van der Waals surface area contributed by atoms with Crippen LogP contribution in [0.4, 0.5) is 17.1 Å². The van der Waals surface area contributed by atoms with Gasteiger partial charge in [-0.05, 0) is 48.5 Å². The van der Waals surface area contributed by atoms with E-state index in [1.807, 2.05) is 30.3 Å². The number of hydrogen-bond donors (Lipinski definition) is 2. The summed E-state index contributed by atoms with van der Waals surface area (Å²) >= 11 is 7.34. The second-order valence-corrected chi connectivity index (χ2v) is 9.23. The predicted octanol–water partition coefficient (Wildman–Crippen LogP) is 6.19. The summed E-state index contributed by atoms with van der Waals surface area (Å²) in [5, 5.41) is 23.3. The third-order valence-corrected chi connectivity index (χ3v) is 6.45. The minimum Gasteiger partial charge on any atom is -0.345 e. The van der Waals surface area contributed by atoms with Gasteiger partial charge >= 0.3 is 0 Å². The number of allylic oxidation sites excluding steroid dienone is 1. The lowest BCUT2D eigenvalue weighted by molar-refractivity contribution is -0.113. The van der Waals surface area contributed by atoms with E-state index < -0.39 is 0 Å². The average molecular weight is 546 g/mol. The molecule has 0 bridgehead atoms. The largest absolute Gasteiger partial charge is 0.345 e. The van der Waals surface area contributed by atoms with Crippen LogP contribution < -0.4 is 10.6 Å². The highest BCUT2D eigenvalue weighted by Gasteiger charge is 2.16. The number of carbonyl (C=O) groups is 2. The normalized spacial score (nSPS) is 10.9. The van der Waals surface area contributed by atoms with Gasteiger partial charge in [0.1, 0.15) is 0 Å². The average Bonchev–Trinajstić information content (AvgIpc) is 3.32. The standard InChI is InChI=1S/C27H24ClN7O2S/c1-2-16-35-24(17-29-26(37)22-10-6-7-11-23(22)28)33-34-27(35)38-18-25(36)30-19-12-14-21(15-13-19)32-31-20-8-4-3-5-9-20/h2-15H,1,16-18H2,(H,29,37)(H,30,36). The molecule has 0 atom stereocenters. The van der Waals surface area contributed by atoms with Crippen LogP contribution in [0.3, 0.4) is 0 Å². The topological polar surface area (TPSA) is 114 Å². The van der Waals surface area contributed by atoms with Crippen molar-refractivity contribution in [2.24, 2.45) is 10.2 Å². The van der Waals surface area contributed by atoms with E-state index in [-0.39, 0.29) is 24.1 Å². The highest BCUT2D eigenvalue weighted by atomic mass is 35.5. The summed E-state index contributed by atoms with van der Waals surface area (Å²) < 4.78 is 1.80. The van der Waals surface area contributed by atoms with E-state index in [0.717, 1.165) is 5.69 Å². The van der Waals surface area contributed by atoms with Crippen molar-refractivity contribution in [2.75, 3.05) is 11.1 Å². The second-order valence-electron chi connectivity index (χ2n) is 7.88. The molecular weight excluding hydrogens is 522 g/mol. The van der Waals surface area contributed by atoms with E-state index in [1.54, 1.807) is 59.2 Å². The van der Waals surface area contributed by atoms with Crippen LogP contribution in [0.1, 0.15) is 16.2 Å². The molecule has 4 aromatic rings. The maximum atomic E-state index is 12.5. The molecule has 3 aromatic carbocycles. The van der Waals surface area contributed by atoms with Gasteiger partial charge in [-0.15, -0.1) is 16.8 Å². The van der Waals surface area contributed by atoms with Crippen molar-refractivity contribution in [3.63, 3.8) is 0 Å². The molecule has 1 heterocycles. The zero-order chi connectivity index (χ0) is 26.7. The summed E-state index contributed by atoms with van der Waals surface area (Å²) in [7, 11) is 0. The fraction of sp³-hybridized carbons (Fsp3) is 0.111. The number of azo groups is 1. The van der Waals surface area contributed by atoms with Crippen molar-refractivity contribution in [3.8, 4) is 0 Å². The van der Waals surface area contributed by atoms with Gasteiger partial charge in [0.05, 0.1) is 34.3 Å². The molecule has 0 saturated heterocycles. The molecule has 11 heteroatoms. The molecule has 2 N–H and O–H groups in total. The highest BCUT2D eigenvalue weighted by molar-refractivity contribution is 7.99. The van der Waals surface area contributed by atoms with E-state index >= 15 is 0 Å². The van der Waals surface area contributed by atoms with Gasteiger partial charge in [0.2, 0.25) is 5.91 Å². The Labute approximate surface area is 229 Å². The first-order chi connectivity index (χ1) is 18.5. The number of anilines is 1. The highest BCUT2D eigenvalue weighted by Crippen LogP contribution is 2.22. The first kappa shape index (κ1) is 26.8. The summed E-state index contributed by atoms with van der Waals surface area (Å²) in [6, 6.07) is 23.3. The Morgan fingerprint density at radius 3 is 2.34 bits per heavy atom. The summed E-state index contributed by atoms with van der Waals surface area (Å²) in [5.74, 6) is 0.144. The molecule has 9 nitrogen and oxygen atoms in total. The SMILES string of the molecule is C=CCn1c(CNC(=O)c2ccccc2Cl)nnc1SCC(=O)Nc1ccc(N=Nc2ccccc2)cc1. The van der Waals surface area contributed by atoms with E-state index in [0.29, 0.717) is 39.5 Å². The van der Waals surface area contributed by atoms with E-state index in [4.69, 9.17) is 11.6 Å². The predicted molar refractivity (Wildman–Crippen MR) is 149 cm³/mol. The molecule has 1 aromatic heterocycles. The zero-order valence-corrected chi connectivity index (χ0v) is 21.8. The lowest BCUT2D eigenvalue weighted by Crippen LogP contribution is -2.25. The summed E-state index contributed by atoms with van der Waals surface area (Å²) in [6.07, 6.45) is 1.70. The minimum absolute atomic E-state index is 0.122. The van der Waals surface area contributed by atoms with E-state index in [9.17, 15) is 9.59 Å². The van der Waals surface area contributed by atoms with Crippen molar-refractivity contribution >= 4 is 52.2 Å². The number of aromatic nitrogens is 3. The van der Waals surface area contributed by atoms with Gasteiger partial charge in [-0.1, -0.05) is 59.8 Å². The number of rotatable bonds is 11. The first-order valence-corrected chi connectivity index (χ1v) is 12.9. The number of nitrogens with one attached hydrogen (secondary N) is 2. The molecule has 0 aliphatic heterocycles. The number of thioether (sulfide) groups is 1. The molecular formula is C27H24ClN7O2S. The molecule has 4 rings (SSSR count). The number of hydrogen-bond acceptors (Lipinski definition) is 7. The lowest BCUT2D eigenvalue weighted by atomic mass is 10.2. The quantitative estimate of drug-likeness (QED) is 0.132. The Hall–Kier alpha value is -4.28. The van der Waals surface area contributed by atoms with Crippen molar-refractivity contribution in [1.29, 1.82) is 0 Å². The fourth-order valence-corrected chi connectivity index (χ4v) is 4.31. The van der Waals surface area contributed by atoms with Crippen LogP contribution in [0.15, 0.2) is 107 Å². The molecule has 0 radical (unpaired) electrons. The Morgan fingerprint density at radius 2 is 1.63 bits per heavy atom. The molecule has 0 aliphatic carbocycles. The van der Waals surface area contributed by atoms with Gasteiger partial charge in [0, 0.05) is 12.2 Å². The third-order valence-electron chi connectivity index (χ3n) is 5.15. The van der Waals surface area contributed by atoms with Gasteiger partial charge in [-0.3, -0.25) is 9.59 Å². The molecule has 0 unspecified atom stereocenters. The minimum atomic E-state index is -0.315. The lowest BCUT2D eigenvalue weighted by Gasteiger charge is -2.09. The van der Waals surface area contributed by atoms with E-state index in [2.05, 4.69) is 37.6 Å². The fourth-order valence-electron chi connectivity index (χ4n) is 3.32. The van der Waals surface area contributed by atoms with Gasteiger partial charge in [-0.25, -0.2) is 0 Å². The van der Waals surface area contributed by atoms with Crippen molar-refractivity contribution in [2.45, 2.75) is 18.2 Å². The van der Waals surface area contributed by atoms with Crippen molar-refractivity contribution < 1.29 is 9.59 Å².